The van der Waals surface area contributed by atoms with Crippen molar-refractivity contribution in [3.8, 4) is 5.75 Å². The number of benzene rings is 3. The molecule has 3 N–H and O–H groups in total. The van der Waals surface area contributed by atoms with E-state index in [0.717, 1.165) is 40.5 Å². The van der Waals surface area contributed by atoms with Gasteiger partial charge in [0.05, 0.1) is 12.6 Å². The van der Waals surface area contributed by atoms with Gasteiger partial charge in [0, 0.05) is 24.7 Å². The van der Waals surface area contributed by atoms with E-state index >= 15 is 0 Å². The summed E-state index contributed by atoms with van der Waals surface area (Å²) in [6.45, 7) is 1.42. The fourth-order valence-electron chi connectivity index (χ4n) is 3.97. The van der Waals surface area contributed by atoms with E-state index in [-0.39, 0.29) is 0 Å². The van der Waals surface area contributed by atoms with Crippen molar-refractivity contribution in [2.24, 2.45) is 0 Å². The lowest BCUT2D eigenvalue weighted by Crippen LogP contribution is -2.49. The molecular formula is C28H28N4O5. The number of hydrogen-bond donors (Lipinski definition) is 3. The van der Waals surface area contributed by atoms with Crippen molar-refractivity contribution in [1.82, 2.24) is 20.7 Å². The second-order valence-electron chi connectivity index (χ2n) is 8.27. The maximum Gasteiger partial charge on any atom is 0.398 e. The SMILES string of the molecule is COC(=O)C(=O)NNC(=O)NCCc1cn(Cc2ccccc2)c2c(OCc3ccccc3)cccc12. The van der Waals surface area contributed by atoms with Gasteiger partial charge >= 0.3 is 17.9 Å². The lowest BCUT2D eigenvalue weighted by molar-refractivity contribution is -0.153. The third-order valence-corrected chi connectivity index (χ3v) is 5.72. The minimum absolute atomic E-state index is 0.305. The van der Waals surface area contributed by atoms with Crippen molar-refractivity contribution >= 4 is 28.8 Å². The second-order valence-corrected chi connectivity index (χ2v) is 8.27. The van der Waals surface area contributed by atoms with Crippen molar-refractivity contribution in [2.45, 2.75) is 19.6 Å². The van der Waals surface area contributed by atoms with E-state index in [1.54, 1.807) is 0 Å². The van der Waals surface area contributed by atoms with Crippen LogP contribution >= 0.6 is 0 Å². The number of esters is 1. The first kappa shape index (κ1) is 25.3. The van der Waals surface area contributed by atoms with Crippen LogP contribution < -0.4 is 20.9 Å². The van der Waals surface area contributed by atoms with E-state index in [1.165, 1.54) is 0 Å². The molecule has 0 fully saturated rings. The summed E-state index contributed by atoms with van der Waals surface area (Å²) in [5.74, 6) is -1.39. The van der Waals surface area contributed by atoms with Gasteiger partial charge in [0.2, 0.25) is 0 Å². The first-order valence-electron chi connectivity index (χ1n) is 11.8. The van der Waals surface area contributed by atoms with Crippen molar-refractivity contribution in [3.05, 3.63) is 102 Å². The van der Waals surface area contributed by atoms with Gasteiger partial charge in [-0.15, -0.1) is 0 Å². The largest absolute Gasteiger partial charge is 0.487 e. The molecule has 0 bridgehead atoms. The average Bonchev–Trinajstić information content (AvgIpc) is 3.28. The van der Waals surface area contributed by atoms with Crippen LogP contribution in [0.25, 0.3) is 10.9 Å². The van der Waals surface area contributed by atoms with Crippen LogP contribution in [0.1, 0.15) is 16.7 Å². The normalized spacial score (nSPS) is 10.5. The number of ether oxygens (including phenoxy) is 2. The fourth-order valence-corrected chi connectivity index (χ4v) is 3.97. The van der Waals surface area contributed by atoms with E-state index in [9.17, 15) is 14.4 Å². The predicted octanol–water partition coefficient (Wildman–Crippen LogP) is 3.31. The Labute approximate surface area is 214 Å². The number of urea groups is 1. The summed E-state index contributed by atoms with van der Waals surface area (Å²) < 4.78 is 12.7. The second kappa shape index (κ2) is 12.3. The van der Waals surface area contributed by atoms with Gasteiger partial charge in [0.15, 0.2) is 0 Å². The van der Waals surface area contributed by atoms with Gasteiger partial charge in [0.25, 0.3) is 0 Å². The third kappa shape index (κ3) is 6.66. The van der Waals surface area contributed by atoms with E-state index < -0.39 is 17.9 Å². The molecule has 0 saturated carbocycles. The molecule has 0 aliphatic heterocycles. The van der Waals surface area contributed by atoms with Gasteiger partial charge < -0.3 is 19.4 Å². The standard InChI is InChI=1S/C28H28N4O5/c1-36-27(34)26(33)30-31-28(35)29-16-15-22-18-32(17-20-9-4-2-5-10-20)25-23(22)13-8-14-24(25)37-19-21-11-6-3-7-12-21/h2-14,18H,15-17,19H2,1H3,(H,30,33)(H2,29,31,35). The van der Waals surface area contributed by atoms with Crippen molar-refractivity contribution < 1.29 is 23.9 Å². The third-order valence-electron chi connectivity index (χ3n) is 5.72. The highest BCUT2D eigenvalue weighted by Gasteiger charge is 2.16. The number of carbonyl (C=O) groups excluding carboxylic acids is 3. The van der Waals surface area contributed by atoms with Crippen LogP contribution in [0.2, 0.25) is 0 Å². The lowest BCUT2D eigenvalue weighted by atomic mass is 10.1. The van der Waals surface area contributed by atoms with E-state index in [1.807, 2.05) is 72.2 Å². The zero-order chi connectivity index (χ0) is 26.0. The van der Waals surface area contributed by atoms with Crippen LogP contribution in [0.15, 0.2) is 85.1 Å². The van der Waals surface area contributed by atoms with Crippen molar-refractivity contribution in [1.29, 1.82) is 0 Å². The molecule has 3 aromatic carbocycles. The fraction of sp³-hybridized carbons (Fsp3) is 0.179. The highest BCUT2D eigenvalue weighted by molar-refractivity contribution is 6.32. The summed E-state index contributed by atoms with van der Waals surface area (Å²) in [5.41, 5.74) is 8.36. The Morgan fingerprint density at radius 2 is 1.54 bits per heavy atom. The van der Waals surface area contributed by atoms with Gasteiger partial charge in [0.1, 0.15) is 12.4 Å². The number of fused-ring (bicyclic) bond motifs is 1. The summed E-state index contributed by atoms with van der Waals surface area (Å²) >= 11 is 0. The summed E-state index contributed by atoms with van der Waals surface area (Å²) in [5, 5.41) is 3.70. The number of para-hydroxylation sites is 1. The molecule has 4 aromatic rings. The summed E-state index contributed by atoms with van der Waals surface area (Å²) in [7, 11) is 1.08. The zero-order valence-corrected chi connectivity index (χ0v) is 20.4. The highest BCUT2D eigenvalue weighted by Crippen LogP contribution is 2.31. The molecule has 0 spiro atoms. The predicted molar refractivity (Wildman–Crippen MR) is 139 cm³/mol. The Morgan fingerprint density at radius 1 is 0.838 bits per heavy atom. The number of hydrogen-bond acceptors (Lipinski definition) is 5. The molecular weight excluding hydrogens is 472 g/mol. The highest BCUT2D eigenvalue weighted by atomic mass is 16.5. The molecule has 9 nitrogen and oxygen atoms in total. The minimum atomic E-state index is -1.10. The summed E-state index contributed by atoms with van der Waals surface area (Å²) in [4.78, 5) is 34.5. The zero-order valence-electron chi connectivity index (χ0n) is 20.4. The number of aromatic nitrogens is 1. The van der Waals surface area contributed by atoms with Crippen LogP contribution in [-0.2, 0) is 33.9 Å². The Hall–Kier alpha value is -4.79. The molecule has 1 aromatic heterocycles. The van der Waals surface area contributed by atoms with Crippen molar-refractivity contribution in [2.75, 3.05) is 13.7 Å². The maximum absolute atomic E-state index is 12.0. The monoisotopic (exact) mass is 500 g/mol. The first-order chi connectivity index (χ1) is 18.0. The minimum Gasteiger partial charge on any atom is -0.487 e. The molecule has 0 radical (unpaired) electrons. The Bertz CT molecular complexity index is 1370. The van der Waals surface area contributed by atoms with Crippen LogP contribution in [0, 0.1) is 0 Å². The number of methoxy groups -OCH3 is 1. The van der Waals surface area contributed by atoms with Crippen LogP contribution in [0.5, 0.6) is 5.75 Å². The van der Waals surface area contributed by atoms with E-state index in [2.05, 4.69) is 38.4 Å². The number of amides is 3. The molecule has 3 amide bonds. The molecule has 9 heteroatoms. The quantitative estimate of drug-likeness (QED) is 0.195. The number of hydrazine groups is 1. The summed E-state index contributed by atoms with van der Waals surface area (Å²) in [6.07, 6.45) is 2.62. The molecule has 0 aliphatic rings. The molecule has 0 unspecified atom stereocenters. The number of nitrogens with one attached hydrogen (secondary N) is 3. The number of nitrogens with zero attached hydrogens (tertiary/aromatic N) is 1. The summed E-state index contributed by atoms with van der Waals surface area (Å²) in [6, 6.07) is 25.5. The van der Waals surface area contributed by atoms with Gasteiger partial charge in [-0.3, -0.25) is 10.2 Å². The first-order valence-corrected chi connectivity index (χ1v) is 11.8. The maximum atomic E-state index is 12.0. The smallest absolute Gasteiger partial charge is 0.398 e. The molecule has 1 heterocycles. The van der Waals surface area contributed by atoms with Gasteiger partial charge in [-0.1, -0.05) is 72.8 Å². The van der Waals surface area contributed by atoms with Gasteiger partial charge in [-0.25, -0.2) is 15.0 Å². The molecule has 37 heavy (non-hydrogen) atoms. The molecule has 0 aliphatic carbocycles. The van der Waals surface area contributed by atoms with E-state index in [4.69, 9.17) is 4.74 Å². The number of carbonyl (C=O) groups is 3. The molecule has 0 saturated heterocycles. The topological polar surface area (TPSA) is 111 Å². The number of rotatable bonds is 8. The Kier molecular flexibility index (Phi) is 8.38. The average molecular weight is 501 g/mol. The molecule has 4 rings (SSSR count). The van der Waals surface area contributed by atoms with Gasteiger partial charge in [-0.2, -0.15) is 0 Å². The Morgan fingerprint density at radius 3 is 2.24 bits per heavy atom. The van der Waals surface area contributed by atoms with Crippen LogP contribution in [0.4, 0.5) is 4.79 Å². The Balaban J connectivity index is 1.50. The van der Waals surface area contributed by atoms with Crippen LogP contribution in [0.3, 0.4) is 0 Å². The molecule has 0 atom stereocenters. The molecule has 190 valence electrons. The lowest BCUT2D eigenvalue weighted by Gasteiger charge is -2.12. The van der Waals surface area contributed by atoms with Crippen molar-refractivity contribution in [3.63, 3.8) is 0 Å². The van der Waals surface area contributed by atoms with E-state index in [0.29, 0.717) is 26.1 Å². The van der Waals surface area contributed by atoms with Crippen LogP contribution in [-0.4, -0.2) is 36.1 Å². The van der Waals surface area contributed by atoms with Gasteiger partial charge in [-0.05, 0) is 29.2 Å².